The Morgan fingerprint density at radius 2 is 2.09 bits per heavy atom. The second kappa shape index (κ2) is 8.90. The maximum atomic E-state index is 13.2. The minimum absolute atomic E-state index is 0.142. The lowest BCUT2D eigenvalue weighted by Gasteiger charge is -2.22. The molecule has 1 saturated heterocycles. The van der Waals surface area contributed by atoms with Crippen molar-refractivity contribution < 1.29 is 17.6 Å². The van der Waals surface area contributed by atoms with Crippen LogP contribution in [0.1, 0.15) is 18.4 Å². The number of carbonyl (C=O) groups excluding carboxylic acids is 1. The van der Waals surface area contributed by atoms with Crippen molar-refractivity contribution >= 4 is 49.8 Å². The van der Waals surface area contributed by atoms with Crippen molar-refractivity contribution in [2.24, 2.45) is 0 Å². The number of amides is 1. The summed E-state index contributed by atoms with van der Waals surface area (Å²) in [5.41, 5.74) is 2.13. The molecule has 1 aliphatic heterocycles. The molecule has 1 N–H and O–H groups in total. The molecule has 0 bridgehead atoms. The topological polar surface area (TPSA) is 92.5 Å². The molecule has 1 amide bonds. The zero-order valence-electron chi connectivity index (χ0n) is 17.4. The number of halogens is 1. The van der Waals surface area contributed by atoms with Crippen molar-refractivity contribution in [2.45, 2.75) is 30.5 Å². The number of hydrogen-bond acceptors (Lipinski definition) is 6. The number of fused-ring (bicyclic) bond motifs is 1. The van der Waals surface area contributed by atoms with E-state index in [-0.39, 0.29) is 24.1 Å². The van der Waals surface area contributed by atoms with Crippen molar-refractivity contribution in [3.63, 3.8) is 0 Å². The molecule has 1 aliphatic rings. The van der Waals surface area contributed by atoms with Gasteiger partial charge < -0.3 is 9.73 Å². The highest BCUT2D eigenvalue weighted by atomic mass is 35.5. The van der Waals surface area contributed by atoms with Crippen LogP contribution in [0.5, 0.6) is 0 Å². The Labute approximate surface area is 200 Å². The summed E-state index contributed by atoms with van der Waals surface area (Å²) in [5.74, 6) is -0.329. The molecule has 5 rings (SSSR count). The van der Waals surface area contributed by atoms with E-state index in [1.165, 1.54) is 21.7 Å². The van der Waals surface area contributed by atoms with E-state index >= 15 is 0 Å². The minimum atomic E-state index is -3.93. The zero-order chi connectivity index (χ0) is 23.0. The number of pyridine rings is 1. The second-order valence-corrected chi connectivity index (χ2v) is 10.9. The number of furan rings is 1. The van der Waals surface area contributed by atoms with Gasteiger partial charge in [0.05, 0.1) is 15.6 Å². The molecule has 0 spiro atoms. The monoisotopic (exact) mass is 501 g/mol. The standard InChI is InChI=1S/C23H20ClN3O4S2/c24-17-12-21(32-14-17)18-10-15(7-8-25-18)13-26-23(28)19-5-3-9-27(19)33(29,30)22-11-16-4-1-2-6-20(16)31-22/h1-2,4,6-8,10-12,14,19H,3,5,9,13H2,(H,26,28)/t19-/m0/s1. The predicted molar refractivity (Wildman–Crippen MR) is 128 cm³/mol. The van der Waals surface area contributed by atoms with Crippen LogP contribution >= 0.6 is 22.9 Å². The van der Waals surface area contributed by atoms with Gasteiger partial charge in [-0.05, 0) is 42.7 Å². The molecule has 33 heavy (non-hydrogen) atoms. The summed E-state index contributed by atoms with van der Waals surface area (Å²) in [4.78, 5) is 18.3. The number of rotatable bonds is 6. The van der Waals surface area contributed by atoms with E-state index in [0.29, 0.717) is 28.8 Å². The van der Waals surface area contributed by atoms with Gasteiger partial charge in [-0.3, -0.25) is 9.78 Å². The first-order chi connectivity index (χ1) is 15.9. The van der Waals surface area contributed by atoms with Gasteiger partial charge in [0.2, 0.25) is 11.0 Å². The Kier molecular flexibility index (Phi) is 5.96. The summed E-state index contributed by atoms with van der Waals surface area (Å²) < 4.78 is 33.3. The van der Waals surface area contributed by atoms with E-state index in [4.69, 9.17) is 16.0 Å². The Hall–Kier alpha value is -2.72. The van der Waals surface area contributed by atoms with Gasteiger partial charge in [0, 0.05) is 36.1 Å². The number of benzene rings is 1. The number of nitrogens with one attached hydrogen (secondary N) is 1. The van der Waals surface area contributed by atoms with Gasteiger partial charge >= 0.3 is 0 Å². The van der Waals surface area contributed by atoms with Crippen LogP contribution < -0.4 is 5.32 Å². The Morgan fingerprint density at radius 1 is 1.24 bits per heavy atom. The van der Waals surface area contributed by atoms with Gasteiger partial charge in [-0.15, -0.1) is 11.3 Å². The third-order valence-corrected chi connectivity index (χ3v) is 8.65. The zero-order valence-corrected chi connectivity index (χ0v) is 19.8. The average Bonchev–Trinajstić information content (AvgIpc) is 3.56. The van der Waals surface area contributed by atoms with Gasteiger partial charge in [-0.25, -0.2) is 8.42 Å². The van der Waals surface area contributed by atoms with Gasteiger partial charge in [0.1, 0.15) is 11.6 Å². The molecule has 0 radical (unpaired) electrons. The van der Waals surface area contributed by atoms with Crippen molar-refractivity contribution in [3.8, 4) is 10.6 Å². The molecule has 1 fully saturated rings. The fourth-order valence-electron chi connectivity index (χ4n) is 3.96. The van der Waals surface area contributed by atoms with E-state index in [9.17, 15) is 13.2 Å². The maximum absolute atomic E-state index is 13.2. The number of hydrogen-bond donors (Lipinski definition) is 1. The molecule has 170 valence electrons. The molecular formula is C23H20ClN3O4S2. The molecule has 1 aromatic carbocycles. The normalized spacial score (nSPS) is 16.9. The lowest BCUT2D eigenvalue weighted by Crippen LogP contribution is -2.45. The number of carbonyl (C=O) groups is 1. The highest BCUT2D eigenvalue weighted by Gasteiger charge is 2.41. The molecule has 0 saturated carbocycles. The summed E-state index contributed by atoms with van der Waals surface area (Å²) in [6.07, 6.45) is 2.75. The van der Waals surface area contributed by atoms with Crippen LogP contribution in [0.15, 0.2) is 69.6 Å². The first-order valence-corrected chi connectivity index (χ1v) is 13.1. The lowest BCUT2D eigenvalue weighted by molar-refractivity contribution is -0.124. The largest absolute Gasteiger partial charge is 0.443 e. The van der Waals surface area contributed by atoms with Crippen molar-refractivity contribution in [1.29, 1.82) is 0 Å². The van der Waals surface area contributed by atoms with Crippen LogP contribution in [0.25, 0.3) is 21.5 Å². The van der Waals surface area contributed by atoms with Crippen LogP contribution in [-0.4, -0.2) is 36.2 Å². The number of thiophene rings is 1. The van der Waals surface area contributed by atoms with Crippen molar-refractivity contribution in [3.05, 3.63) is 70.7 Å². The van der Waals surface area contributed by atoms with Gasteiger partial charge in [-0.2, -0.15) is 4.31 Å². The Morgan fingerprint density at radius 3 is 2.88 bits per heavy atom. The number of para-hydroxylation sites is 1. The summed E-state index contributed by atoms with van der Waals surface area (Å²) in [6.45, 7) is 0.540. The molecule has 0 unspecified atom stereocenters. The summed E-state index contributed by atoms with van der Waals surface area (Å²) >= 11 is 7.50. The van der Waals surface area contributed by atoms with Crippen LogP contribution in [-0.2, 0) is 21.4 Å². The third-order valence-electron chi connectivity index (χ3n) is 5.58. The molecule has 4 heterocycles. The second-order valence-electron chi connectivity index (χ2n) is 7.77. The van der Waals surface area contributed by atoms with Crippen LogP contribution in [0.2, 0.25) is 5.02 Å². The van der Waals surface area contributed by atoms with Gasteiger partial charge in [-0.1, -0.05) is 29.8 Å². The van der Waals surface area contributed by atoms with E-state index in [1.54, 1.807) is 24.4 Å². The summed E-state index contributed by atoms with van der Waals surface area (Å²) in [7, 11) is -3.93. The van der Waals surface area contributed by atoms with E-state index in [0.717, 1.165) is 16.1 Å². The maximum Gasteiger partial charge on any atom is 0.277 e. The molecule has 3 aromatic heterocycles. The molecule has 0 aliphatic carbocycles. The SMILES string of the molecule is O=C(NCc1ccnc(-c2cc(Cl)cs2)c1)[C@@H]1CCCN1S(=O)(=O)c1cc2ccccc2o1. The Balaban J connectivity index is 1.30. The van der Waals surface area contributed by atoms with Gasteiger partial charge in [0.15, 0.2) is 0 Å². The summed E-state index contributed by atoms with van der Waals surface area (Å²) in [5, 5.41) is 5.93. The molecule has 4 aromatic rings. The highest BCUT2D eigenvalue weighted by molar-refractivity contribution is 7.89. The van der Waals surface area contributed by atoms with Crippen molar-refractivity contribution in [1.82, 2.24) is 14.6 Å². The smallest absolute Gasteiger partial charge is 0.277 e. The van der Waals surface area contributed by atoms with E-state index < -0.39 is 16.1 Å². The lowest BCUT2D eigenvalue weighted by atomic mass is 10.2. The highest BCUT2D eigenvalue weighted by Crippen LogP contribution is 2.31. The molecule has 7 nitrogen and oxygen atoms in total. The van der Waals surface area contributed by atoms with Crippen LogP contribution in [0.3, 0.4) is 0 Å². The van der Waals surface area contributed by atoms with E-state index in [2.05, 4.69) is 10.3 Å². The first-order valence-electron chi connectivity index (χ1n) is 10.4. The minimum Gasteiger partial charge on any atom is -0.443 e. The molecular weight excluding hydrogens is 482 g/mol. The van der Waals surface area contributed by atoms with Gasteiger partial charge in [0.25, 0.3) is 10.0 Å². The quantitative estimate of drug-likeness (QED) is 0.414. The fraction of sp³-hybridized carbons (Fsp3) is 0.217. The predicted octanol–water partition coefficient (Wildman–Crippen LogP) is 4.68. The number of aromatic nitrogens is 1. The van der Waals surface area contributed by atoms with Crippen LogP contribution in [0.4, 0.5) is 0 Å². The number of sulfonamides is 1. The average molecular weight is 502 g/mol. The molecule has 10 heteroatoms. The fourth-order valence-corrected chi connectivity index (χ4v) is 6.61. The summed E-state index contributed by atoms with van der Waals surface area (Å²) in [6, 6.07) is 13.4. The molecule has 1 atom stereocenters. The van der Waals surface area contributed by atoms with Crippen molar-refractivity contribution in [2.75, 3.05) is 6.54 Å². The number of nitrogens with zero attached hydrogens (tertiary/aromatic N) is 2. The third kappa shape index (κ3) is 4.41. The first kappa shape index (κ1) is 22.1. The van der Waals surface area contributed by atoms with E-state index in [1.807, 2.05) is 29.6 Å². The van der Waals surface area contributed by atoms with Crippen LogP contribution in [0, 0.1) is 0 Å². The Bertz CT molecular complexity index is 1400.